The summed E-state index contributed by atoms with van der Waals surface area (Å²) < 4.78 is 35.7. The van der Waals surface area contributed by atoms with Gasteiger partial charge in [0.1, 0.15) is 17.2 Å². The van der Waals surface area contributed by atoms with E-state index in [0.29, 0.717) is 36.1 Å². The van der Waals surface area contributed by atoms with Crippen molar-refractivity contribution in [3.8, 4) is 17.2 Å². The highest BCUT2D eigenvalue weighted by atomic mass is 16.5. The summed E-state index contributed by atoms with van der Waals surface area (Å²) in [6, 6.07) is 22.6. The highest BCUT2D eigenvalue weighted by molar-refractivity contribution is 5.86. The van der Waals surface area contributed by atoms with E-state index in [-0.39, 0.29) is 0 Å². The van der Waals surface area contributed by atoms with E-state index < -0.39 is 17.9 Å². The smallest absolute Gasteiger partial charge is 0.328 e. The number of carboxylic acid groups (broad SMARTS) is 3. The first-order chi connectivity index (χ1) is 38.0. The summed E-state index contributed by atoms with van der Waals surface area (Å²) in [7, 11) is 0. The van der Waals surface area contributed by atoms with Crippen molar-refractivity contribution in [3.05, 3.63) is 108 Å². The van der Waals surface area contributed by atoms with Crippen molar-refractivity contribution in [1.29, 1.82) is 0 Å². The minimum atomic E-state index is -0.940. The lowest BCUT2D eigenvalue weighted by Gasteiger charge is -2.28. The largest absolute Gasteiger partial charge is 0.493 e. The molecule has 0 amide bonds. The molecule has 0 atom stereocenters. The van der Waals surface area contributed by atoms with Gasteiger partial charge < -0.3 is 43.7 Å². The number of rotatable bonds is 33. The number of benzene rings is 3. The molecular formula is C66H96O12. The first-order valence-electron chi connectivity index (χ1n) is 29.8. The zero-order valence-electron chi connectivity index (χ0n) is 47.6. The predicted molar refractivity (Wildman–Crippen MR) is 313 cm³/mol. The van der Waals surface area contributed by atoms with Crippen LogP contribution in [0.1, 0.15) is 192 Å². The molecule has 6 rings (SSSR count). The van der Waals surface area contributed by atoms with Gasteiger partial charge in [-0.05, 0) is 185 Å². The van der Waals surface area contributed by atoms with Gasteiger partial charge in [-0.1, -0.05) is 115 Å². The molecule has 3 N–H and O–H groups in total. The summed E-state index contributed by atoms with van der Waals surface area (Å²) in [5.41, 5.74) is 2.57. The van der Waals surface area contributed by atoms with Gasteiger partial charge in [0.05, 0.1) is 38.1 Å². The Balaban J connectivity index is 0.000000253. The van der Waals surface area contributed by atoms with E-state index in [0.717, 1.165) is 143 Å². The standard InChI is InChI=1S/C23H34O4.C22H32O4.C21H30O4/c1-2-3-4-5-6-17-26-21-14-9-20(10-15-21)18-27-22-12-7-19(8-13-22)11-16-23(24)25;1-2-3-4-5-16-25-20-13-8-19(9-14-20)17-26-21-11-6-18(7-12-21)10-15-22(23)24;1-2-3-4-15-24-19-12-7-18(8-13-19)16-25-20-10-5-17(6-11-20)9-14-21(22)23/h7-8,11-13,16,20-21H,2-6,9-10,14-15,17-18H2,1H3,(H,24,25);6-7,10-12,15,19-20H,2-5,8-9,13-14,16-17H2,1H3,(H,23,24);5-6,9-11,14,18-19H,2-4,7-8,12-13,15-16H2,1H3,(H,22,23)/b16-11+;15-10+;14-9+. The SMILES string of the molecule is CCCCCCCOC1CCC(COc2ccc(/C=C/C(=O)O)cc2)CC1.CCCCCCOC1CCC(COc2ccc(/C=C/C(=O)O)cc2)CC1.CCCCCOC1CCC(COc2ccc(/C=C/C(=O)O)cc2)CC1. The predicted octanol–water partition coefficient (Wildman–Crippen LogP) is 16.0. The summed E-state index contributed by atoms with van der Waals surface area (Å²) in [5, 5.41) is 25.9. The Morgan fingerprint density at radius 3 is 0.885 bits per heavy atom. The molecule has 0 aliphatic heterocycles. The fraction of sp³-hybridized carbons (Fsp3) is 0.591. The fourth-order valence-corrected chi connectivity index (χ4v) is 9.90. The van der Waals surface area contributed by atoms with Crippen LogP contribution in [0.4, 0.5) is 0 Å². The molecule has 0 heterocycles. The second-order valence-electron chi connectivity index (χ2n) is 21.4. The van der Waals surface area contributed by atoms with Crippen LogP contribution >= 0.6 is 0 Å². The van der Waals surface area contributed by atoms with Crippen molar-refractivity contribution < 1.29 is 58.1 Å². The first kappa shape index (κ1) is 65.1. The molecule has 3 aromatic rings. The first-order valence-corrected chi connectivity index (χ1v) is 29.8. The van der Waals surface area contributed by atoms with E-state index in [2.05, 4.69) is 20.8 Å². The maximum absolute atomic E-state index is 10.5. The Labute approximate surface area is 468 Å². The molecule has 3 fully saturated rings. The lowest BCUT2D eigenvalue weighted by Crippen LogP contribution is -2.25. The van der Waals surface area contributed by atoms with Crippen LogP contribution in [0.25, 0.3) is 18.2 Å². The Bertz CT molecular complexity index is 2110. The molecule has 12 nitrogen and oxygen atoms in total. The van der Waals surface area contributed by atoms with Gasteiger partial charge in [-0.3, -0.25) is 0 Å². The van der Waals surface area contributed by atoms with Gasteiger partial charge >= 0.3 is 17.9 Å². The van der Waals surface area contributed by atoms with Crippen LogP contribution in [-0.4, -0.2) is 91.2 Å². The molecular weight excluding hydrogens is 985 g/mol. The van der Waals surface area contributed by atoms with Crippen molar-refractivity contribution in [1.82, 2.24) is 0 Å². The van der Waals surface area contributed by atoms with Gasteiger partial charge in [0, 0.05) is 38.0 Å². The van der Waals surface area contributed by atoms with Crippen molar-refractivity contribution >= 4 is 36.1 Å². The molecule has 0 saturated heterocycles. The molecule has 0 spiro atoms. The normalized spacial score (nSPS) is 20.3. The van der Waals surface area contributed by atoms with E-state index >= 15 is 0 Å². The molecule has 3 aliphatic carbocycles. The number of aliphatic carboxylic acids is 3. The van der Waals surface area contributed by atoms with Crippen LogP contribution in [0.5, 0.6) is 17.2 Å². The topological polar surface area (TPSA) is 167 Å². The summed E-state index contributed by atoms with van der Waals surface area (Å²) in [5.74, 6) is 1.50. The minimum absolute atomic E-state index is 0.438. The average Bonchev–Trinajstić information content (AvgIpc) is 3.46. The zero-order valence-corrected chi connectivity index (χ0v) is 47.6. The van der Waals surface area contributed by atoms with Gasteiger partial charge in [-0.15, -0.1) is 0 Å². The number of carboxylic acids is 3. The molecule has 12 heteroatoms. The number of hydrogen-bond acceptors (Lipinski definition) is 9. The Morgan fingerprint density at radius 2 is 0.615 bits per heavy atom. The van der Waals surface area contributed by atoms with E-state index in [1.807, 2.05) is 72.8 Å². The van der Waals surface area contributed by atoms with Crippen molar-refractivity contribution in [2.75, 3.05) is 39.6 Å². The fourth-order valence-electron chi connectivity index (χ4n) is 9.90. The third-order valence-corrected chi connectivity index (χ3v) is 14.8. The lowest BCUT2D eigenvalue weighted by molar-refractivity contribution is -0.132. The van der Waals surface area contributed by atoms with Crippen LogP contribution in [-0.2, 0) is 28.6 Å². The monoisotopic (exact) mass is 1080 g/mol. The number of carbonyl (C=O) groups is 3. The van der Waals surface area contributed by atoms with E-state index in [1.54, 1.807) is 18.2 Å². The molecule has 3 aliphatic rings. The number of ether oxygens (including phenoxy) is 6. The molecule has 0 radical (unpaired) electrons. The summed E-state index contributed by atoms with van der Waals surface area (Å²) in [6.07, 6.45) is 38.5. The third-order valence-electron chi connectivity index (χ3n) is 14.8. The van der Waals surface area contributed by atoms with Gasteiger partial charge in [0.2, 0.25) is 0 Å². The second-order valence-corrected chi connectivity index (χ2v) is 21.4. The highest BCUT2D eigenvalue weighted by Crippen LogP contribution is 2.30. The maximum Gasteiger partial charge on any atom is 0.328 e. The summed E-state index contributed by atoms with van der Waals surface area (Å²) in [4.78, 5) is 31.6. The van der Waals surface area contributed by atoms with Crippen molar-refractivity contribution in [3.63, 3.8) is 0 Å². The number of hydrogen-bond donors (Lipinski definition) is 3. The van der Waals surface area contributed by atoms with Crippen LogP contribution in [0.15, 0.2) is 91.0 Å². The van der Waals surface area contributed by atoms with E-state index in [4.69, 9.17) is 43.7 Å². The number of unbranched alkanes of at least 4 members (excludes halogenated alkanes) is 9. The second kappa shape index (κ2) is 40.7. The minimum Gasteiger partial charge on any atom is -0.493 e. The van der Waals surface area contributed by atoms with E-state index in [9.17, 15) is 14.4 Å². The summed E-state index contributed by atoms with van der Waals surface area (Å²) in [6.45, 7) is 11.7. The molecule has 0 unspecified atom stereocenters. The maximum atomic E-state index is 10.5. The summed E-state index contributed by atoms with van der Waals surface area (Å²) >= 11 is 0. The Morgan fingerprint density at radius 1 is 0.372 bits per heavy atom. The van der Waals surface area contributed by atoms with Gasteiger partial charge in [-0.25, -0.2) is 14.4 Å². The highest BCUT2D eigenvalue weighted by Gasteiger charge is 2.24. The quantitative estimate of drug-likeness (QED) is 0.0391. The molecule has 78 heavy (non-hydrogen) atoms. The van der Waals surface area contributed by atoms with Crippen LogP contribution in [0.2, 0.25) is 0 Å². The lowest BCUT2D eigenvalue weighted by atomic mass is 9.88. The third kappa shape index (κ3) is 30.6. The van der Waals surface area contributed by atoms with Gasteiger partial charge in [-0.2, -0.15) is 0 Å². The molecule has 0 bridgehead atoms. The average molecular weight is 1080 g/mol. The van der Waals surface area contributed by atoms with E-state index in [1.165, 1.54) is 103 Å². The molecule has 0 aromatic heterocycles. The molecule has 432 valence electrons. The van der Waals surface area contributed by atoms with Crippen LogP contribution < -0.4 is 14.2 Å². The zero-order chi connectivity index (χ0) is 55.8. The van der Waals surface area contributed by atoms with Crippen molar-refractivity contribution in [2.45, 2.75) is 193 Å². The Kier molecular flexibility index (Phi) is 34.0. The van der Waals surface area contributed by atoms with Crippen molar-refractivity contribution in [2.24, 2.45) is 17.8 Å². The van der Waals surface area contributed by atoms with Crippen LogP contribution in [0.3, 0.4) is 0 Å². The molecule has 3 aromatic carbocycles. The Hall–Kier alpha value is -5.43. The molecule has 3 saturated carbocycles. The van der Waals surface area contributed by atoms with Crippen LogP contribution in [0, 0.1) is 17.8 Å². The van der Waals surface area contributed by atoms with Gasteiger partial charge in [0.25, 0.3) is 0 Å². The van der Waals surface area contributed by atoms with Gasteiger partial charge in [0.15, 0.2) is 0 Å².